The second kappa shape index (κ2) is 6.06. The van der Waals surface area contributed by atoms with E-state index in [0.717, 1.165) is 0 Å². The number of carbonyl (C=O) groups is 2. The largest absolute Gasteiger partial charge is 0.475 e. The van der Waals surface area contributed by atoms with Crippen molar-refractivity contribution in [2.45, 2.75) is 0 Å². The number of nitrogens with zero attached hydrogens (tertiary/aromatic N) is 1. The average molecular weight is 234 g/mol. The standard InChI is InChI=1S/C6H6N2O.C5H4O3/c7-6(9)5-3-1-2-4-8-5;6-5(7)4-2-1-3-8-4/h1-4H,(H2,7,9);1-3H,(H,6,7). The predicted octanol–water partition coefficient (Wildman–Crippen LogP) is 1.16. The zero-order valence-electron chi connectivity index (χ0n) is 8.74. The van der Waals surface area contributed by atoms with E-state index >= 15 is 0 Å². The van der Waals surface area contributed by atoms with Crippen LogP contribution in [-0.4, -0.2) is 22.0 Å². The molecule has 0 atom stereocenters. The summed E-state index contributed by atoms with van der Waals surface area (Å²) in [4.78, 5) is 24.0. The van der Waals surface area contributed by atoms with Gasteiger partial charge in [0.1, 0.15) is 5.69 Å². The van der Waals surface area contributed by atoms with Gasteiger partial charge in [-0.15, -0.1) is 0 Å². The Morgan fingerprint density at radius 1 is 1.24 bits per heavy atom. The third kappa shape index (κ3) is 4.17. The second-order valence-electron chi connectivity index (χ2n) is 2.86. The van der Waals surface area contributed by atoms with Gasteiger partial charge in [-0.25, -0.2) is 4.79 Å². The summed E-state index contributed by atoms with van der Waals surface area (Å²) in [7, 11) is 0. The van der Waals surface area contributed by atoms with Gasteiger partial charge in [0.05, 0.1) is 6.26 Å². The summed E-state index contributed by atoms with van der Waals surface area (Å²) in [5.74, 6) is -1.55. The minimum atomic E-state index is -1.03. The fraction of sp³-hybridized carbons (Fsp3) is 0. The number of nitrogens with two attached hydrogens (primary N) is 1. The number of carbonyl (C=O) groups excluding carboxylic acids is 1. The molecular formula is C11H10N2O4. The molecule has 0 aliphatic carbocycles. The first-order valence-electron chi connectivity index (χ1n) is 4.59. The molecule has 17 heavy (non-hydrogen) atoms. The maximum atomic E-state index is 10.4. The molecule has 0 unspecified atom stereocenters. The van der Waals surface area contributed by atoms with Gasteiger partial charge < -0.3 is 15.3 Å². The third-order valence-electron chi connectivity index (χ3n) is 1.65. The number of hydrogen-bond acceptors (Lipinski definition) is 4. The van der Waals surface area contributed by atoms with Crippen LogP contribution in [0.25, 0.3) is 0 Å². The first kappa shape index (κ1) is 12.4. The van der Waals surface area contributed by atoms with Crippen molar-refractivity contribution in [1.29, 1.82) is 0 Å². The Morgan fingerprint density at radius 3 is 2.29 bits per heavy atom. The van der Waals surface area contributed by atoms with Gasteiger partial charge in [0.2, 0.25) is 5.76 Å². The molecule has 0 aliphatic heterocycles. The maximum Gasteiger partial charge on any atom is 0.371 e. The molecular weight excluding hydrogens is 224 g/mol. The number of carboxylic acids is 1. The SMILES string of the molecule is NC(=O)c1ccccn1.O=C(O)c1ccco1. The van der Waals surface area contributed by atoms with Gasteiger partial charge in [0.15, 0.2) is 0 Å². The number of amides is 1. The maximum absolute atomic E-state index is 10.4. The number of aromatic carboxylic acids is 1. The molecule has 0 aromatic carbocycles. The highest BCUT2D eigenvalue weighted by Crippen LogP contribution is 1.97. The molecule has 0 aliphatic rings. The normalized spacial score (nSPS) is 8.94. The van der Waals surface area contributed by atoms with Crippen molar-refractivity contribution < 1.29 is 19.1 Å². The van der Waals surface area contributed by atoms with Gasteiger partial charge in [0, 0.05) is 6.20 Å². The molecule has 2 heterocycles. The van der Waals surface area contributed by atoms with Crippen LogP contribution in [0.3, 0.4) is 0 Å². The van der Waals surface area contributed by atoms with Crippen LogP contribution in [-0.2, 0) is 0 Å². The van der Waals surface area contributed by atoms with Crippen molar-refractivity contribution in [2.24, 2.45) is 5.73 Å². The lowest BCUT2D eigenvalue weighted by molar-refractivity contribution is 0.0662. The van der Waals surface area contributed by atoms with Crippen LogP contribution < -0.4 is 5.73 Å². The monoisotopic (exact) mass is 234 g/mol. The first-order chi connectivity index (χ1) is 8.11. The van der Waals surface area contributed by atoms with E-state index in [1.165, 1.54) is 24.6 Å². The number of rotatable bonds is 2. The molecule has 2 aromatic heterocycles. The molecule has 1 amide bonds. The Kier molecular flexibility index (Phi) is 4.44. The van der Waals surface area contributed by atoms with E-state index in [1.54, 1.807) is 18.2 Å². The minimum Gasteiger partial charge on any atom is -0.475 e. The summed E-state index contributed by atoms with van der Waals surface area (Å²) in [6.07, 6.45) is 2.85. The minimum absolute atomic E-state index is 0.0231. The summed E-state index contributed by atoms with van der Waals surface area (Å²) >= 11 is 0. The number of pyridine rings is 1. The molecule has 0 spiro atoms. The zero-order valence-corrected chi connectivity index (χ0v) is 8.74. The van der Waals surface area contributed by atoms with Crippen molar-refractivity contribution in [3.63, 3.8) is 0 Å². The lowest BCUT2D eigenvalue weighted by atomic mass is 10.3. The van der Waals surface area contributed by atoms with Gasteiger partial charge in [-0.3, -0.25) is 9.78 Å². The summed E-state index contributed by atoms with van der Waals surface area (Å²) in [5.41, 5.74) is 5.22. The highest BCUT2D eigenvalue weighted by atomic mass is 16.4. The molecule has 0 saturated carbocycles. The fourth-order valence-electron chi connectivity index (χ4n) is 0.909. The van der Waals surface area contributed by atoms with Crippen LogP contribution >= 0.6 is 0 Å². The number of hydrogen-bond donors (Lipinski definition) is 2. The van der Waals surface area contributed by atoms with Gasteiger partial charge >= 0.3 is 5.97 Å². The van der Waals surface area contributed by atoms with E-state index < -0.39 is 11.9 Å². The Hall–Kier alpha value is -2.63. The van der Waals surface area contributed by atoms with Crippen molar-refractivity contribution >= 4 is 11.9 Å². The number of primary amides is 1. The van der Waals surface area contributed by atoms with E-state index in [1.807, 2.05) is 0 Å². The topological polar surface area (TPSA) is 106 Å². The molecule has 0 saturated heterocycles. The smallest absolute Gasteiger partial charge is 0.371 e. The highest BCUT2D eigenvalue weighted by molar-refractivity contribution is 5.90. The van der Waals surface area contributed by atoms with Crippen LogP contribution in [0, 0.1) is 0 Å². The van der Waals surface area contributed by atoms with E-state index in [0.29, 0.717) is 5.69 Å². The Bertz CT molecular complexity index is 479. The molecule has 88 valence electrons. The highest BCUT2D eigenvalue weighted by Gasteiger charge is 2.01. The van der Waals surface area contributed by atoms with E-state index in [9.17, 15) is 9.59 Å². The molecule has 2 rings (SSSR count). The van der Waals surface area contributed by atoms with Gasteiger partial charge in [0.25, 0.3) is 5.91 Å². The lowest BCUT2D eigenvalue weighted by Crippen LogP contribution is -2.12. The van der Waals surface area contributed by atoms with Gasteiger partial charge in [-0.05, 0) is 24.3 Å². The Labute approximate surface area is 96.7 Å². The van der Waals surface area contributed by atoms with E-state index in [-0.39, 0.29) is 5.76 Å². The van der Waals surface area contributed by atoms with Crippen LogP contribution in [0.1, 0.15) is 21.0 Å². The Morgan fingerprint density at radius 2 is 2.00 bits per heavy atom. The van der Waals surface area contributed by atoms with Crippen LogP contribution in [0.15, 0.2) is 47.2 Å². The number of carboxylic acid groups (broad SMARTS) is 1. The number of aromatic nitrogens is 1. The van der Waals surface area contributed by atoms with Crippen LogP contribution in [0.4, 0.5) is 0 Å². The molecule has 6 nitrogen and oxygen atoms in total. The Balaban J connectivity index is 0.000000171. The van der Waals surface area contributed by atoms with Gasteiger partial charge in [-0.1, -0.05) is 6.07 Å². The molecule has 6 heteroatoms. The van der Waals surface area contributed by atoms with Crippen LogP contribution in [0.5, 0.6) is 0 Å². The van der Waals surface area contributed by atoms with E-state index in [2.05, 4.69) is 9.40 Å². The molecule has 0 bridgehead atoms. The quantitative estimate of drug-likeness (QED) is 0.810. The average Bonchev–Trinajstić information content (AvgIpc) is 2.84. The van der Waals surface area contributed by atoms with Crippen LogP contribution in [0.2, 0.25) is 0 Å². The molecule has 0 radical (unpaired) electrons. The molecule has 3 N–H and O–H groups in total. The first-order valence-corrected chi connectivity index (χ1v) is 4.59. The number of furan rings is 1. The van der Waals surface area contributed by atoms with Crippen molar-refractivity contribution in [1.82, 2.24) is 4.98 Å². The predicted molar refractivity (Wildman–Crippen MR) is 58.4 cm³/mol. The van der Waals surface area contributed by atoms with Crippen molar-refractivity contribution in [3.05, 3.63) is 54.2 Å². The van der Waals surface area contributed by atoms with Crippen molar-refractivity contribution in [2.75, 3.05) is 0 Å². The third-order valence-corrected chi connectivity index (χ3v) is 1.65. The lowest BCUT2D eigenvalue weighted by Gasteiger charge is -1.88. The summed E-state index contributed by atoms with van der Waals surface area (Å²) < 4.78 is 4.50. The molecule has 0 fully saturated rings. The van der Waals surface area contributed by atoms with Gasteiger partial charge in [-0.2, -0.15) is 0 Å². The second-order valence-corrected chi connectivity index (χ2v) is 2.86. The summed E-state index contributed by atoms with van der Waals surface area (Å²) in [6, 6.07) is 7.94. The van der Waals surface area contributed by atoms with Crippen molar-refractivity contribution in [3.8, 4) is 0 Å². The zero-order chi connectivity index (χ0) is 12.7. The fourth-order valence-corrected chi connectivity index (χ4v) is 0.909. The molecule has 2 aromatic rings. The summed E-state index contributed by atoms with van der Waals surface area (Å²) in [6.45, 7) is 0. The summed E-state index contributed by atoms with van der Waals surface area (Å²) in [5, 5.41) is 8.18. The van der Waals surface area contributed by atoms with E-state index in [4.69, 9.17) is 10.8 Å².